The van der Waals surface area contributed by atoms with E-state index in [0.29, 0.717) is 46.8 Å². The maximum atomic E-state index is 14.0. The number of hydrogen-bond donors (Lipinski definition) is 4. The maximum Gasteiger partial charge on any atom is 0.269 e. The van der Waals surface area contributed by atoms with Gasteiger partial charge in [0.15, 0.2) is 5.60 Å². The molecular formula is C38H37N7O6. The Morgan fingerprint density at radius 2 is 1.78 bits per heavy atom. The topological polar surface area (TPSA) is 190 Å². The second-order valence-electron chi connectivity index (χ2n) is 12.4. The van der Waals surface area contributed by atoms with Gasteiger partial charge in [0.1, 0.15) is 0 Å². The fraction of sp³-hybridized carbons (Fsp3) is 0.211. The smallest absolute Gasteiger partial charge is 0.269 e. The summed E-state index contributed by atoms with van der Waals surface area (Å²) in [6.45, 7) is 2.12. The van der Waals surface area contributed by atoms with Crippen LogP contribution < -0.4 is 16.0 Å². The third kappa shape index (κ3) is 7.25. The molecule has 5 N–H and O–H groups in total. The molecule has 1 aromatic heterocycles. The number of carbonyl (C=O) groups excluding carboxylic acids is 2. The lowest BCUT2D eigenvalue weighted by molar-refractivity contribution is -0.385. The number of nitro groups is 1. The Morgan fingerprint density at radius 1 is 1.06 bits per heavy atom. The number of non-ortho nitro benzene ring substituents is 1. The normalized spacial score (nSPS) is 16.6. The van der Waals surface area contributed by atoms with Crippen LogP contribution in [0.3, 0.4) is 0 Å². The molecule has 0 spiro atoms. The van der Waals surface area contributed by atoms with Crippen LogP contribution >= 0.6 is 0 Å². The largest absolute Gasteiger partial charge is 0.399 e. The summed E-state index contributed by atoms with van der Waals surface area (Å²) in [5.74, 6) is -1.95. The van der Waals surface area contributed by atoms with E-state index in [1.54, 1.807) is 72.4 Å². The highest BCUT2D eigenvalue weighted by Crippen LogP contribution is 2.47. The number of amides is 2. The SMILES string of the molecule is C[C@H](/C=C/CCn1cc(C(CO)c2ccccc2)nn1)[C@@]1(O)C(=O)N(Cc2ccc(NC(=O)c3ccc(N)cc3)cc2)c2ccc([N+](=O)[O-])cc21. The summed E-state index contributed by atoms with van der Waals surface area (Å²) < 4.78 is 1.67. The number of aliphatic hydroxyl groups excluding tert-OH is 1. The molecule has 0 aliphatic carbocycles. The van der Waals surface area contributed by atoms with Gasteiger partial charge in [-0.2, -0.15) is 0 Å². The van der Waals surface area contributed by atoms with Crippen molar-refractivity contribution in [1.82, 2.24) is 15.0 Å². The van der Waals surface area contributed by atoms with Crippen LogP contribution in [0.25, 0.3) is 0 Å². The molecule has 0 fully saturated rings. The predicted octanol–water partition coefficient (Wildman–Crippen LogP) is 5.16. The van der Waals surface area contributed by atoms with Gasteiger partial charge in [-0.05, 0) is 60.0 Å². The number of rotatable bonds is 13. The van der Waals surface area contributed by atoms with Crippen molar-refractivity contribution in [3.05, 3.63) is 153 Å². The highest BCUT2D eigenvalue weighted by molar-refractivity contribution is 6.07. The lowest BCUT2D eigenvalue weighted by atomic mass is 9.82. The zero-order chi connectivity index (χ0) is 36.1. The first-order valence-corrected chi connectivity index (χ1v) is 16.4. The Hall–Kier alpha value is -6.18. The second kappa shape index (κ2) is 14.7. The van der Waals surface area contributed by atoms with Crippen LogP contribution in [-0.4, -0.2) is 48.6 Å². The molecule has 5 aromatic rings. The predicted molar refractivity (Wildman–Crippen MR) is 192 cm³/mol. The number of carbonyl (C=O) groups is 2. The summed E-state index contributed by atoms with van der Waals surface area (Å²) in [7, 11) is 0. The van der Waals surface area contributed by atoms with Crippen molar-refractivity contribution >= 4 is 34.6 Å². The third-order valence-corrected chi connectivity index (χ3v) is 9.10. The van der Waals surface area contributed by atoms with Crippen LogP contribution in [0.15, 0.2) is 115 Å². The number of benzene rings is 4. The molecule has 3 atom stereocenters. The molecule has 13 nitrogen and oxygen atoms in total. The number of allylic oxidation sites excluding steroid dienone is 1. The highest BCUT2D eigenvalue weighted by atomic mass is 16.6. The Balaban J connectivity index is 1.15. The van der Waals surface area contributed by atoms with Gasteiger partial charge in [0.25, 0.3) is 17.5 Å². The van der Waals surface area contributed by atoms with Crippen LogP contribution in [0, 0.1) is 16.0 Å². The van der Waals surface area contributed by atoms with Crippen molar-refractivity contribution in [3.8, 4) is 0 Å². The number of aryl methyl sites for hydroxylation is 1. The van der Waals surface area contributed by atoms with Gasteiger partial charge >= 0.3 is 0 Å². The average molecular weight is 688 g/mol. The lowest BCUT2D eigenvalue weighted by Gasteiger charge is -2.27. The minimum atomic E-state index is -2.06. The zero-order valence-electron chi connectivity index (χ0n) is 27.8. The first kappa shape index (κ1) is 34.7. The second-order valence-corrected chi connectivity index (χ2v) is 12.4. The summed E-state index contributed by atoms with van der Waals surface area (Å²) in [4.78, 5) is 39.2. The summed E-state index contributed by atoms with van der Waals surface area (Å²) in [6.07, 6.45) is 5.84. The summed E-state index contributed by atoms with van der Waals surface area (Å²) in [5.41, 5.74) is 7.78. The van der Waals surface area contributed by atoms with E-state index in [1.807, 2.05) is 36.4 Å². The van der Waals surface area contributed by atoms with Gasteiger partial charge in [0.2, 0.25) is 0 Å². The van der Waals surface area contributed by atoms with Gasteiger partial charge < -0.3 is 26.2 Å². The number of nitrogens with two attached hydrogens (primary N) is 1. The molecule has 0 bridgehead atoms. The van der Waals surface area contributed by atoms with Gasteiger partial charge in [0.05, 0.1) is 35.4 Å². The van der Waals surface area contributed by atoms with E-state index < -0.39 is 22.3 Å². The molecule has 2 heterocycles. The van der Waals surface area contributed by atoms with Crippen LogP contribution in [0.1, 0.15) is 52.0 Å². The summed E-state index contributed by atoms with van der Waals surface area (Å²) in [6, 6.07) is 27.1. The van der Waals surface area contributed by atoms with Gasteiger partial charge in [-0.3, -0.25) is 24.4 Å². The van der Waals surface area contributed by atoms with Crippen LogP contribution in [0.2, 0.25) is 0 Å². The Labute approximate surface area is 293 Å². The average Bonchev–Trinajstić information content (AvgIpc) is 3.69. The van der Waals surface area contributed by atoms with E-state index in [2.05, 4.69) is 15.6 Å². The summed E-state index contributed by atoms with van der Waals surface area (Å²) >= 11 is 0. The first-order valence-electron chi connectivity index (χ1n) is 16.4. The minimum Gasteiger partial charge on any atom is -0.399 e. The van der Waals surface area contributed by atoms with Crippen molar-refractivity contribution in [2.75, 3.05) is 22.6 Å². The van der Waals surface area contributed by atoms with Crippen molar-refractivity contribution < 1.29 is 24.7 Å². The molecule has 1 aliphatic rings. The highest BCUT2D eigenvalue weighted by Gasteiger charge is 2.53. The summed E-state index contributed by atoms with van der Waals surface area (Å²) in [5, 5.41) is 45.0. The number of nitrogens with zero attached hydrogens (tertiary/aromatic N) is 5. The van der Waals surface area contributed by atoms with Crippen molar-refractivity contribution in [3.63, 3.8) is 0 Å². The molecule has 0 saturated carbocycles. The quantitative estimate of drug-likeness (QED) is 0.0561. The lowest BCUT2D eigenvalue weighted by Crippen LogP contribution is -2.44. The van der Waals surface area contributed by atoms with Crippen molar-refractivity contribution in [2.45, 2.75) is 38.0 Å². The molecule has 4 aromatic carbocycles. The van der Waals surface area contributed by atoms with Gasteiger partial charge in [0, 0.05) is 53.3 Å². The monoisotopic (exact) mass is 687 g/mol. The number of nitro benzene ring substituents is 1. The fourth-order valence-corrected chi connectivity index (χ4v) is 6.20. The van der Waals surface area contributed by atoms with Gasteiger partial charge in [-0.1, -0.05) is 66.8 Å². The fourth-order valence-electron chi connectivity index (χ4n) is 6.20. The Kier molecular flexibility index (Phi) is 10.0. The minimum absolute atomic E-state index is 0.0843. The number of fused-ring (bicyclic) bond motifs is 1. The molecule has 1 unspecified atom stereocenters. The van der Waals surface area contributed by atoms with Crippen LogP contribution in [0.5, 0.6) is 0 Å². The van der Waals surface area contributed by atoms with E-state index >= 15 is 0 Å². The number of nitrogens with one attached hydrogen (secondary N) is 1. The van der Waals surface area contributed by atoms with Crippen LogP contribution in [0.4, 0.5) is 22.7 Å². The number of hydrogen-bond acceptors (Lipinski definition) is 9. The van der Waals surface area contributed by atoms with Crippen LogP contribution in [-0.2, 0) is 23.5 Å². The van der Waals surface area contributed by atoms with Crippen molar-refractivity contribution in [2.24, 2.45) is 5.92 Å². The van der Waals surface area contributed by atoms with E-state index in [1.165, 1.54) is 23.1 Å². The standard InChI is InChI=1S/C38H37N7O6/c1-25(7-5-6-20-43-23-34(41-42-43)32(24-46)27-8-3-2-4-9-27)38(49)33-21-31(45(50)51)18-19-35(33)44(37(38)48)22-26-10-16-30(17-11-26)40-36(47)28-12-14-29(39)15-13-28/h2-5,7-19,21,23,25,32,46,49H,6,20,22,24,39H2,1H3,(H,40,47)/b7-5+/t25-,32?,38+/m1/s1. The molecule has 2 amide bonds. The van der Waals surface area contributed by atoms with E-state index in [9.17, 15) is 29.9 Å². The van der Waals surface area contributed by atoms with E-state index in [4.69, 9.17) is 5.73 Å². The van der Waals surface area contributed by atoms with E-state index in [0.717, 1.165) is 5.56 Å². The molecule has 1 aliphatic heterocycles. The number of nitrogen functional groups attached to an aromatic ring is 1. The maximum absolute atomic E-state index is 14.0. The molecule has 6 rings (SSSR count). The molecule has 0 radical (unpaired) electrons. The third-order valence-electron chi connectivity index (χ3n) is 9.10. The molecular weight excluding hydrogens is 650 g/mol. The molecule has 0 saturated heterocycles. The number of anilines is 3. The Bertz CT molecular complexity index is 2060. The number of aromatic nitrogens is 3. The van der Waals surface area contributed by atoms with Gasteiger partial charge in [-0.25, -0.2) is 0 Å². The van der Waals surface area contributed by atoms with Crippen molar-refractivity contribution in [1.29, 1.82) is 0 Å². The van der Waals surface area contributed by atoms with Gasteiger partial charge in [-0.15, -0.1) is 5.10 Å². The number of aliphatic hydroxyl groups is 2. The molecule has 13 heteroatoms. The first-order chi connectivity index (χ1) is 24.6. The zero-order valence-corrected chi connectivity index (χ0v) is 27.8. The molecule has 260 valence electrons. The molecule has 51 heavy (non-hydrogen) atoms. The Morgan fingerprint density at radius 3 is 2.47 bits per heavy atom. The van der Waals surface area contributed by atoms with E-state index in [-0.39, 0.29) is 36.2 Å².